The third-order valence-electron chi connectivity index (χ3n) is 2.58. The van der Waals surface area contributed by atoms with Gasteiger partial charge >= 0.3 is 0 Å². The second-order valence-electron chi connectivity index (χ2n) is 4.34. The molecule has 2 aromatic heterocycles. The van der Waals surface area contributed by atoms with E-state index < -0.39 is 0 Å². The lowest BCUT2D eigenvalue weighted by molar-refractivity contribution is 0.553. The number of imidazole rings is 1. The highest BCUT2D eigenvalue weighted by Gasteiger charge is 2.03. The summed E-state index contributed by atoms with van der Waals surface area (Å²) >= 11 is 1.65. The van der Waals surface area contributed by atoms with Gasteiger partial charge in [-0.05, 0) is 0 Å². The van der Waals surface area contributed by atoms with Crippen molar-refractivity contribution in [1.82, 2.24) is 19.9 Å². The number of aromatic nitrogens is 3. The largest absolute Gasteiger partial charge is 0.333 e. The molecule has 2 rings (SSSR count). The Balaban J connectivity index is 1.90. The highest BCUT2D eigenvalue weighted by atomic mass is 32.1. The third kappa shape index (κ3) is 3.64. The van der Waals surface area contributed by atoms with Crippen LogP contribution in [0.4, 0.5) is 0 Å². The van der Waals surface area contributed by atoms with Gasteiger partial charge in [0, 0.05) is 37.1 Å². The van der Waals surface area contributed by atoms with Crippen LogP contribution in [0.2, 0.25) is 0 Å². The highest BCUT2D eigenvalue weighted by Crippen LogP contribution is 2.06. The summed E-state index contributed by atoms with van der Waals surface area (Å²) in [5.41, 5.74) is 4.27. The zero-order chi connectivity index (χ0) is 12.1. The van der Waals surface area contributed by atoms with E-state index in [1.54, 1.807) is 11.3 Å². The van der Waals surface area contributed by atoms with E-state index in [2.05, 4.69) is 39.1 Å². The van der Waals surface area contributed by atoms with Crippen LogP contribution >= 0.6 is 11.3 Å². The summed E-state index contributed by atoms with van der Waals surface area (Å²) in [5, 5.41) is 5.51. The summed E-state index contributed by atoms with van der Waals surface area (Å²) in [6.07, 6.45) is 4.79. The Morgan fingerprint density at radius 2 is 2.35 bits per heavy atom. The van der Waals surface area contributed by atoms with Gasteiger partial charge in [0.15, 0.2) is 0 Å². The van der Waals surface area contributed by atoms with Gasteiger partial charge in [-0.1, -0.05) is 13.8 Å². The molecule has 0 atom stereocenters. The Bertz CT molecular complexity index is 433. The number of rotatable bonds is 6. The van der Waals surface area contributed by atoms with E-state index in [-0.39, 0.29) is 0 Å². The molecule has 0 saturated heterocycles. The third-order valence-corrected chi connectivity index (χ3v) is 3.22. The Kier molecular flexibility index (Phi) is 4.28. The maximum atomic E-state index is 4.29. The Hall–Kier alpha value is -1.20. The average Bonchev–Trinajstić information content (AvgIpc) is 2.95. The highest BCUT2D eigenvalue weighted by molar-refractivity contribution is 7.07. The number of hydrogen-bond acceptors (Lipinski definition) is 4. The molecular weight excluding hydrogens is 232 g/mol. The smallest absolute Gasteiger partial charge is 0.0948 e. The lowest BCUT2D eigenvalue weighted by atomic mass is 10.3. The van der Waals surface area contributed by atoms with Crippen LogP contribution in [-0.4, -0.2) is 20.6 Å². The van der Waals surface area contributed by atoms with Gasteiger partial charge in [0.05, 0.1) is 23.2 Å². The standard InChI is InChI=1S/C12H18N4S/c1-10(2)14-6-12-5-13-8-16(12)4-3-11-7-17-9-15-11/h5,7-10,14H,3-4,6H2,1-2H3. The molecule has 5 heteroatoms. The van der Waals surface area contributed by atoms with Gasteiger partial charge in [0.2, 0.25) is 0 Å². The zero-order valence-corrected chi connectivity index (χ0v) is 11.1. The normalized spacial score (nSPS) is 11.2. The molecule has 2 aromatic rings. The van der Waals surface area contributed by atoms with E-state index in [0.717, 1.165) is 25.2 Å². The van der Waals surface area contributed by atoms with E-state index in [0.29, 0.717) is 6.04 Å². The molecule has 2 heterocycles. The van der Waals surface area contributed by atoms with E-state index in [1.165, 1.54) is 5.69 Å². The van der Waals surface area contributed by atoms with E-state index in [1.807, 2.05) is 18.0 Å². The summed E-state index contributed by atoms with van der Waals surface area (Å²) in [6, 6.07) is 0.497. The van der Waals surface area contributed by atoms with Gasteiger partial charge in [-0.3, -0.25) is 0 Å². The Morgan fingerprint density at radius 1 is 1.47 bits per heavy atom. The minimum atomic E-state index is 0.497. The van der Waals surface area contributed by atoms with Crippen molar-refractivity contribution in [1.29, 1.82) is 0 Å². The predicted molar refractivity (Wildman–Crippen MR) is 70.0 cm³/mol. The predicted octanol–water partition coefficient (Wildman–Crippen LogP) is 2.08. The first kappa shape index (κ1) is 12.3. The molecule has 17 heavy (non-hydrogen) atoms. The number of nitrogens with one attached hydrogen (secondary N) is 1. The number of thiazole rings is 1. The molecule has 0 aliphatic carbocycles. The van der Waals surface area contributed by atoms with Crippen molar-refractivity contribution in [3.63, 3.8) is 0 Å². The van der Waals surface area contributed by atoms with Crippen LogP contribution in [0.15, 0.2) is 23.4 Å². The summed E-state index contributed by atoms with van der Waals surface area (Å²) in [4.78, 5) is 8.49. The molecule has 0 saturated carbocycles. The van der Waals surface area contributed by atoms with Crippen molar-refractivity contribution in [3.8, 4) is 0 Å². The summed E-state index contributed by atoms with van der Waals surface area (Å²) in [6.45, 7) is 6.11. The summed E-state index contributed by atoms with van der Waals surface area (Å²) in [5.74, 6) is 0. The molecule has 4 nitrogen and oxygen atoms in total. The quantitative estimate of drug-likeness (QED) is 0.853. The van der Waals surface area contributed by atoms with Crippen molar-refractivity contribution in [2.24, 2.45) is 0 Å². The molecule has 0 unspecified atom stereocenters. The van der Waals surface area contributed by atoms with Crippen molar-refractivity contribution in [2.75, 3.05) is 0 Å². The number of aryl methyl sites for hydroxylation is 2. The van der Waals surface area contributed by atoms with Gasteiger partial charge in [0.1, 0.15) is 0 Å². The van der Waals surface area contributed by atoms with E-state index in [4.69, 9.17) is 0 Å². The molecule has 0 radical (unpaired) electrons. The lowest BCUT2D eigenvalue weighted by Crippen LogP contribution is -2.23. The molecular formula is C12H18N4S. The molecule has 92 valence electrons. The van der Waals surface area contributed by atoms with Gasteiger partial charge in [-0.2, -0.15) is 0 Å². The van der Waals surface area contributed by atoms with Crippen molar-refractivity contribution >= 4 is 11.3 Å². The van der Waals surface area contributed by atoms with Crippen molar-refractivity contribution in [3.05, 3.63) is 34.8 Å². The Morgan fingerprint density at radius 3 is 3.06 bits per heavy atom. The topological polar surface area (TPSA) is 42.7 Å². The van der Waals surface area contributed by atoms with Crippen LogP contribution in [0, 0.1) is 0 Å². The number of nitrogens with zero attached hydrogens (tertiary/aromatic N) is 3. The maximum absolute atomic E-state index is 4.29. The minimum absolute atomic E-state index is 0.497. The summed E-state index contributed by atoms with van der Waals surface area (Å²) in [7, 11) is 0. The molecule has 0 aliphatic heterocycles. The molecule has 0 bridgehead atoms. The second kappa shape index (κ2) is 5.93. The van der Waals surface area contributed by atoms with E-state index >= 15 is 0 Å². The van der Waals surface area contributed by atoms with Gasteiger partial charge in [-0.25, -0.2) is 9.97 Å². The number of hydrogen-bond donors (Lipinski definition) is 1. The fourth-order valence-corrected chi connectivity index (χ4v) is 2.19. The molecule has 0 aliphatic rings. The second-order valence-corrected chi connectivity index (χ2v) is 5.06. The van der Waals surface area contributed by atoms with Crippen LogP contribution in [0.5, 0.6) is 0 Å². The first-order valence-electron chi connectivity index (χ1n) is 5.85. The molecule has 0 spiro atoms. The Labute approximate surface area is 106 Å². The van der Waals surface area contributed by atoms with Crippen LogP contribution in [-0.2, 0) is 19.5 Å². The van der Waals surface area contributed by atoms with Crippen molar-refractivity contribution in [2.45, 2.75) is 39.4 Å². The van der Waals surface area contributed by atoms with E-state index in [9.17, 15) is 0 Å². The molecule has 0 amide bonds. The fourth-order valence-electron chi connectivity index (χ4n) is 1.60. The van der Waals surface area contributed by atoms with Crippen LogP contribution in [0.25, 0.3) is 0 Å². The van der Waals surface area contributed by atoms with Gasteiger partial charge in [0.25, 0.3) is 0 Å². The minimum Gasteiger partial charge on any atom is -0.333 e. The monoisotopic (exact) mass is 250 g/mol. The van der Waals surface area contributed by atoms with Gasteiger partial charge in [-0.15, -0.1) is 11.3 Å². The van der Waals surface area contributed by atoms with Crippen LogP contribution in [0.1, 0.15) is 25.2 Å². The zero-order valence-electron chi connectivity index (χ0n) is 10.3. The fraction of sp³-hybridized carbons (Fsp3) is 0.500. The molecule has 0 fully saturated rings. The van der Waals surface area contributed by atoms with Crippen molar-refractivity contribution < 1.29 is 0 Å². The molecule has 1 N–H and O–H groups in total. The van der Waals surface area contributed by atoms with Gasteiger partial charge < -0.3 is 9.88 Å². The lowest BCUT2D eigenvalue weighted by Gasteiger charge is -2.10. The molecule has 0 aromatic carbocycles. The SMILES string of the molecule is CC(C)NCc1cncn1CCc1cscn1. The van der Waals surface area contributed by atoms with Crippen LogP contribution in [0.3, 0.4) is 0 Å². The maximum Gasteiger partial charge on any atom is 0.0948 e. The first-order valence-corrected chi connectivity index (χ1v) is 6.79. The first-order chi connectivity index (χ1) is 8.25. The van der Waals surface area contributed by atoms with Crippen LogP contribution < -0.4 is 5.32 Å². The average molecular weight is 250 g/mol. The summed E-state index contributed by atoms with van der Waals surface area (Å²) < 4.78 is 2.19.